The molecule has 1 aliphatic carbocycles. The lowest BCUT2D eigenvalue weighted by Gasteiger charge is -2.32. The summed E-state index contributed by atoms with van der Waals surface area (Å²) in [7, 11) is -1.01. The summed E-state index contributed by atoms with van der Waals surface area (Å²) in [5.41, 5.74) is -1.63. The SMILES string of the molecule is CC1(C)OB(c2ccc(C(=O)NC3CCCC3)c(F)c2F)OC1(C)C. The number of carbonyl (C=O) groups excluding carboxylic acids is 1. The van der Waals surface area contributed by atoms with E-state index >= 15 is 0 Å². The number of nitrogens with one attached hydrogen (secondary N) is 1. The summed E-state index contributed by atoms with van der Waals surface area (Å²) in [6, 6.07) is 2.70. The van der Waals surface area contributed by atoms with E-state index in [0.717, 1.165) is 25.7 Å². The van der Waals surface area contributed by atoms with Crippen molar-refractivity contribution in [2.24, 2.45) is 0 Å². The quantitative estimate of drug-likeness (QED) is 0.852. The average Bonchev–Trinajstić information content (AvgIpc) is 3.08. The molecule has 0 spiro atoms. The van der Waals surface area contributed by atoms with Gasteiger partial charge in [-0.3, -0.25) is 4.79 Å². The lowest BCUT2D eigenvalue weighted by Crippen LogP contribution is -2.41. The van der Waals surface area contributed by atoms with Gasteiger partial charge in [-0.1, -0.05) is 18.9 Å². The molecule has 1 saturated carbocycles. The molecule has 1 aliphatic heterocycles. The maximum Gasteiger partial charge on any atom is 0.497 e. The van der Waals surface area contributed by atoms with Crippen molar-refractivity contribution in [2.45, 2.75) is 70.6 Å². The normalized spacial score (nSPS) is 22.4. The Bertz CT molecular complexity index is 671. The number of amides is 1. The molecule has 1 aromatic carbocycles. The minimum Gasteiger partial charge on any atom is -0.399 e. The molecular weight excluding hydrogens is 327 g/mol. The van der Waals surface area contributed by atoms with Gasteiger partial charge in [0, 0.05) is 11.5 Å². The number of rotatable bonds is 3. The van der Waals surface area contributed by atoms with E-state index < -0.39 is 35.9 Å². The maximum absolute atomic E-state index is 14.6. The van der Waals surface area contributed by atoms with Crippen LogP contribution in [0.5, 0.6) is 0 Å². The summed E-state index contributed by atoms with van der Waals surface area (Å²) in [6.45, 7) is 7.35. The Kier molecular flexibility index (Phi) is 4.66. The highest BCUT2D eigenvalue weighted by Crippen LogP contribution is 2.36. The first-order valence-electron chi connectivity index (χ1n) is 8.77. The summed E-state index contributed by atoms with van der Waals surface area (Å²) in [4.78, 5) is 12.2. The summed E-state index contributed by atoms with van der Waals surface area (Å²) < 4.78 is 40.6. The summed E-state index contributed by atoms with van der Waals surface area (Å²) in [6.07, 6.45) is 3.84. The Morgan fingerprint density at radius 2 is 1.64 bits per heavy atom. The van der Waals surface area contributed by atoms with Gasteiger partial charge in [0.2, 0.25) is 0 Å². The predicted octanol–water partition coefficient (Wildman–Crippen LogP) is 2.94. The highest BCUT2D eigenvalue weighted by molar-refractivity contribution is 6.62. The van der Waals surface area contributed by atoms with Crippen molar-refractivity contribution < 1.29 is 22.9 Å². The van der Waals surface area contributed by atoms with Crippen LogP contribution in [-0.4, -0.2) is 30.3 Å². The van der Waals surface area contributed by atoms with E-state index in [1.165, 1.54) is 12.1 Å². The van der Waals surface area contributed by atoms with Gasteiger partial charge in [-0.2, -0.15) is 0 Å². The molecule has 25 heavy (non-hydrogen) atoms. The van der Waals surface area contributed by atoms with Crippen LogP contribution in [0.1, 0.15) is 63.7 Å². The molecule has 1 amide bonds. The molecule has 0 bridgehead atoms. The van der Waals surface area contributed by atoms with Crippen LogP contribution in [0.15, 0.2) is 12.1 Å². The lowest BCUT2D eigenvalue weighted by atomic mass is 9.78. The minimum absolute atomic E-state index is 0.0337. The van der Waals surface area contributed by atoms with E-state index in [4.69, 9.17) is 9.31 Å². The van der Waals surface area contributed by atoms with Crippen molar-refractivity contribution >= 4 is 18.5 Å². The van der Waals surface area contributed by atoms with Crippen LogP contribution in [0.3, 0.4) is 0 Å². The molecule has 3 rings (SSSR count). The van der Waals surface area contributed by atoms with Crippen LogP contribution in [0.2, 0.25) is 0 Å². The van der Waals surface area contributed by atoms with Gasteiger partial charge in [0.25, 0.3) is 5.91 Å². The first-order chi connectivity index (χ1) is 11.6. The molecule has 1 N–H and O–H groups in total. The van der Waals surface area contributed by atoms with Crippen molar-refractivity contribution in [3.8, 4) is 0 Å². The third-order valence-corrected chi connectivity index (χ3v) is 5.55. The second-order valence-corrected chi connectivity index (χ2v) is 7.87. The standard InChI is InChI=1S/C18H24BF2NO3/c1-17(2)18(3,4)25-19(24-17)13-10-9-12(14(20)15(13)21)16(23)22-11-7-5-6-8-11/h9-11H,5-8H2,1-4H3,(H,22,23). The molecule has 2 fully saturated rings. The molecule has 1 heterocycles. The van der Waals surface area contributed by atoms with Crippen LogP contribution < -0.4 is 10.8 Å². The Morgan fingerprint density at radius 1 is 1.08 bits per heavy atom. The fourth-order valence-corrected chi connectivity index (χ4v) is 3.23. The molecule has 0 aromatic heterocycles. The van der Waals surface area contributed by atoms with Crippen LogP contribution in [0.4, 0.5) is 8.78 Å². The maximum atomic E-state index is 14.6. The Morgan fingerprint density at radius 3 is 2.20 bits per heavy atom. The zero-order chi connectivity index (χ0) is 18.4. The predicted molar refractivity (Wildman–Crippen MR) is 91.8 cm³/mol. The van der Waals surface area contributed by atoms with Crippen LogP contribution in [0, 0.1) is 11.6 Å². The average molecular weight is 351 g/mol. The van der Waals surface area contributed by atoms with Gasteiger partial charge < -0.3 is 14.6 Å². The van der Waals surface area contributed by atoms with E-state index in [1.807, 2.05) is 27.7 Å². The highest BCUT2D eigenvalue weighted by atomic mass is 19.2. The summed E-state index contributed by atoms with van der Waals surface area (Å²) in [5.74, 6) is -2.84. The zero-order valence-corrected chi connectivity index (χ0v) is 15.1. The number of hydrogen-bond donors (Lipinski definition) is 1. The van der Waals surface area contributed by atoms with E-state index in [9.17, 15) is 13.6 Å². The molecule has 4 nitrogen and oxygen atoms in total. The number of carbonyl (C=O) groups is 1. The van der Waals surface area contributed by atoms with Crippen molar-refractivity contribution in [3.05, 3.63) is 29.3 Å². The largest absolute Gasteiger partial charge is 0.497 e. The highest BCUT2D eigenvalue weighted by Gasteiger charge is 2.52. The van der Waals surface area contributed by atoms with Gasteiger partial charge in [0.15, 0.2) is 11.6 Å². The first kappa shape index (κ1) is 18.3. The smallest absolute Gasteiger partial charge is 0.399 e. The third kappa shape index (κ3) is 3.32. The van der Waals surface area contributed by atoms with Gasteiger partial charge in [-0.25, -0.2) is 8.78 Å². The molecule has 0 atom stereocenters. The van der Waals surface area contributed by atoms with Crippen molar-refractivity contribution in [2.75, 3.05) is 0 Å². The van der Waals surface area contributed by atoms with E-state index in [1.54, 1.807) is 0 Å². The van der Waals surface area contributed by atoms with Gasteiger partial charge in [0.05, 0.1) is 16.8 Å². The molecule has 7 heteroatoms. The van der Waals surface area contributed by atoms with Crippen LogP contribution >= 0.6 is 0 Å². The van der Waals surface area contributed by atoms with E-state index in [0.29, 0.717) is 0 Å². The lowest BCUT2D eigenvalue weighted by molar-refractivity contribution is 0.00578. The van der Waals surface area contributed by atoms with Crippen molar-refractivity contribution in [3.63, 3.8) is 0 Å². The fraction of sp³-hybridized carbons (Fsp3) is 0.611. The molecule has 2 aliphatic rings. The molecule has 1 saturated heterocycles. The Balaban J connectivity index is 1.82. The van der Waals surface area contributed by atoms with Crippen molar-refractivity contribution in [1.29, 1.82) is 0 Å². The summed E-state index contributed by atoms with van der Waals surface area (Å²) >= 11 is 0. The number of benzene rings is 1. The number of hydrogen-bond acceptors (Lipinski definition) is 3. The van der Waals surface area contributed by atoms with E-state index in [-0.39, 0.29) is 17.1 Å². The Labute approximate surface area is 147 Å². The Hall–Kier alpha value is -1.47. The fourth-order valence-electron chi connectivity index (χ4n) is 3.23. The monoisotopic (exact) mass is 351 g/mol. The molecule has 136 valence electrons. The molecule has 0 radical (unpaired) electrons. The van der Waals surface area contributed by atoms with Gasteiger partial charge in [-0.15, -0.1) is 0 Å². The van der Waals surface area contributed by atoms with Gasteiger partial charge >= 0.3 is 7.12 Å². The zero-order valence-electron chi connectivity index (χ0n) is 15.1. The third-order valence-electron chi connectivity index (χ3n) is 5.55. The first-order valence-corrected chi connectivity index (χ1v) is 8.77. The molecular formula is C18H24BF2NO3. The molecule has 0 unspecified atom stereocenters. The van der Waals surface area contributed by atoms with Crippen LogP contribution in [0.25, 0.3) is 0 Å². The van der Waals surface area contributed by atoms with Crippen molar-refractivity contribution in [1.82, 2.24) is 5.32 Å². The topological polar surface area (TPSA) is 47.6 Å². The number of halogens is 2. The summed E-state index contributed by atoms with van der Waals surface area (Å²) in [5, 5.41) is 2.77. The van der Waals surface area contributed by atoms with Gasteiger partial charge in [0.1, 0.15) is 0 Å². The van der Waals surface area contributed by atoms with E-state index in [2.05, 4.69) is 5.32 Å². The molecule has 1 aromatic rings. The minimum atomic E-state index is -1.16. The van der Waals surface area contributed by atoms with Gasteiger partial charge in [-0.05, 0) is 46.6 Å². The second kappa shape index (κ2) is 6.36. The van der Waals surface area contributed by atoms with Crippen LogP contribution in [-0.2, 0) is 9.31 Å². The second-order valence-electron chi connectivity index (χ2n) is 7.87.